The Morgan fingerprint density at radius 1 is 1.60 bits per heavy atom. The van der Waals surface area contributed by atoms with Crippen molar-refractivity contribution in [3.8, 4) is 0 Å². The molecule has 1 aromatic heterocycles. The summed E-state index contributed by atoms with van der Waals surface area (Å²) in [6.07, 6.45) is 1.73. The van der Waals surface area contributed by atoms with Crippen LogP contribution in [-0.4, -0.2) is 24.3 Å². The zero-order chi connectivity index (χ0) is 11.4. The molecule has 4 nitrogen and oxygen atoms in total. The van der Waals surface area contributed by atoms with E-state index >= 15 is 0 Å². The number of aldehydes is 1. The molecule has 0 atom stereocenters. The van der Waals surface area contributed by atoms with Crippen LogP contribution in [0.25, 0.3) is 0 Å². The van der Waals surface area contributed by atoms with E-state index in [2.05, 4.69) is 32.3 Å². The van der Waals surface area contributed by atoms with E-state index in [1.54, 1.807) is 0 Å². The van der Waals surface area contributed by atoms with Crippen LogP contribution in [0.4, 0.5) is 0 Å². The van der Waals surface area contributed by atoms with Crippen LogP contribution in [0.1, 0.15) is 28.0 Å². The highest BCUT2D eigenvalue weighted by Gasteiger charge is 2.13. The minimum atomic E-state index is -0.237. The summed E-state index contributed by atoms with van der Waals surface area (Å²) in [6.45, 7) is 1.87. The van der Waals surface area contributed by atoms with Crippen molar-refractivity contribution >= 4 is 34.8 Å². The van der Waals surface area contributed by atoms with Crippen LogP contribution in [0.2, 0.25) is 0 Å². The molecule has 5 heteroatoms. The maximum absolute atomic E-state index is 11.0. The lowest BCUT2D eigenvalue weighted by molar-refractivity contribution is -0.140. The maximum Gasteiger partial charge on any atom is 0.305 e. The van der Waals surface area contributed by atoms with Gasteiger partial charge in [-0.3, -0.25) is 9.59 Å². The van der Waals surface area contributed by atoms with Gasteiger partial charge in [0.15, 0.2) is 6.29 Å². The average Bonchev–Trinajstić information content (AvgIpc) is 2.51. The second-order valence-corrected chi connectivity index (χ2v) is 4.23. The lowest BCUT2D eigenvalue weighted by Crippen LogP contribution is -2.02. The minimum Gasteiger partial charge on any atom is -0.469 e. The first kappa shape index (κ1) is 12.2. The number of ether oxygens (including phenoxy) is 1. The van der Waals surface area contributed by atoms with E-state index < -0.39 is 0 Å². The number of carbonyl (C=O) groups is 2. The molecular formula is C10H12INO3. The number of carbonyl (C=O) groups excluding carboxylic acids is 2. The van der Waals surface area contributed by atoms with Crippen molar-refractivity contribution in [3.63, 3.8) is 0 Å². The highest BCUT2D eigenvalue weighted by molar-refractivity contribution is 14.1. The molecule has 0 fully saturated rings. The zero-order valence-electron chi connectivity index (χ0n) is 8.59. The first-order valence-electron chi connectivity index (χ1n) is 4.49. The van der Waals surface area contributed by atoms with E-state index in [1.807, 2.05) is 6.92 Å². The van der Waals surface area contributed by atoms with Crippen molar-refractivity contribution in [1.82, 2.24) is 4.98 Å². The predicted octanol–water partition coefficient (Wildman–Crippen LogP) is 1.85. The van der Waals surface area contributed by atoms with Crippen LogP contribution >= 0.6 is 22.6 Å². The molecule has 1 N–H and O–H groups in total. The summed E-state index contributed by atoms with van der Waals surface area (Å²) in [4.78, 5) is 24.6. The number of hydrogen-bond donors (Lipinski definition) is 1. The number of aromatic amines is 1. The number of methoxy groups -OCH3 is 1. The number of H-pyrrole nitrogens is 1. The van der Waals surface area contributed by atoms with Gasteiger partial charge in [-0.2, -0.15) is 0 Å². The van der Waals surface area contributed by atoms with Crippen molar-refractivity contribution in [2.45, 2.75) is 19.8 Å². The summed E-state index contributed by atoms with van der Waals surface area (Å²) in [5.74, 6) is -0.237. The lowest BCUT2D eigenvalue weighted by Gasteiger charge is -2.00. The van der Waals surface area contributed by atoms with Crippen LogP contribution in [-0.2, 0) is 16.0 Å². The molecule has 0 bridgehead atoms. The number of rotatable bonds is 4. The third-order valence-electron chi connectivity index (χ3n) is 2.29. The molecule has 0 saturated carbocycles. The van der Waals surface area contributed by atoms with Gasteiger partial charge in [-0.1, -0.05) is 0 Å². The van der Waals surface area contributed by atoms with Gasteiger partial charge in [0.05, 0.1) is 16.5 Å². The van der Waals surface area contributed by atoms with Gasteiger partial charge in [0.25, 0.3) is 0 Å². The molecule has 0 amide bonds. The Bertz CT molecular complexity index is 384. The molecule has 0 aliphatic carbocycles. The number of hydrogen-bond acceptors (Lipinski definition) is 3. The Balaban J connectivity index is 2.80. The van der Waals surface area contributed by atoms with Crippen LogP contribution in [0.15, 0.2) is 0 Å². The lowest BCUT2D eigenvalue weighted by atomic mass is 10.1. The van der Waals surface area contributed by atoms with Crippen molar-refractivity contribution in [3.05, 3.63) is 20.5 Å². The fraction of sp³-hybridized carbons (Fsp3) is 0.400. The van der Waals surface area contributed by atoms with Crippen molar-refractivity contribution in [2.24, 2.45) is 0 Å². The van der Waals surface area contributed by atoms with Crippen LogP contribution in [0.5, 0.6) is 0 Å². The number of aromatic nitrogens is 1. The van der Waals surface area contributed by atoms with E-state index in [1.165, 1.54) is 7.11 Å². The van der Waals surface area contributed by atoms with E-state index in [-0.39, 0.29) is 5.97 Å². The molecule has 0 aliphatic rings. The van der Waals surface area contributed by atoms with Gasteiger partial charge in [0, 0.05) is 6.42 Å². The Morgan fingerprint density at radius 3 is 2.73 bits per heavy atom. The molecule has 0 radical (unpaired) electrons. The predicted molar refractivity (Wildman–Crippen MR) is 64.0 cm³/mol. The van der Waals surface area contributed by atoms with Crippen molar-refractivity contribution < 1.29 is 14.3 Å². The van der Waals surface area contributed by atoms with Gasteiger partial charge in [-0.05, 0) is 47.1 Å². The monoisotopic (exact) mass is 321 g/mol. The third kappa shape index (κ3) is 2.80. The van der Waals surface area contributed by atoms with Crippen molar-refractivity contribution in [1.29, 1.82) is 0 Å². The molecule has 15 heavy (non-hydrogen) atoms. The Kier molecular flexibility index (Phi) is 4.31. The largest absolute Gasteiger partial charge is 0.469 e. The molecular weight excluding hydrogens is 309 g/mol. The Labute approximate surface area is 102 Å². The van der Waals surface area contributed by atoms with E-state index in [0.29, 0.717) is 18.5 Å². The molecule has 82 valence electrons. The van der Waals surface area contributed by atoms with E-state index in [4.69, 9.17) is 0 Å². The SMILES string of the molecule is COC(=O)CCc1c(I)[nH]c(C=O)c1C. The molecule has 0 unspecified atom stereocenters. The first-order valence-corrected chi connectivity index (χ1v) is 5.57. The zero-order valence-corrected chi connectivity index (χ0v) is 10.8. The van der Waals surface area contributed by atoms with Gasteiger partial charge >= 0.3 is 5.97 Å². The minimum absolute atomic E-state index is 0.237. The first-order chi connectivity index (χ1) is 7.10. The molecule has 1 rings (SSSR count). The van der Waals surface area contributed by atoms with E-state index in [0.717, 1.165) is 21.1 Å². The molecule has 0 aliphatic heterocycles. The summed E-state index contributed by atoms with van der Waals surface area (Å²) >= 11 is 2.12. The van der Waals surface area contributed by atoms with Crippen LogP contribution in [0.3, 0.4) is 0 Å². The average molecular weight is 321 g/mol. The molecule has 0 spiro atoms. The quantitative estimate of drug-likeness (QED) is 0.523. The Morgan fingerprint density at radius 2 is 2.27 bits per heavy atom. The number of halogens is 1. The second-order valence-electron chi connectivity index (χ2n) is 3.15. The van der Waals surface area contributed by atoms with Gasteiger partial charge in [-0.15, -0.1) is 0 Å². The number of nitrogens with one attached hydrogen (secondary N) is 1. The maximum atomic E-state index is 11.0. The molecule has 1 aromatic rings. The highest BCUT2D eigenvalue weighted by Crippen LogP contribution is 2.20. The summed E-state index contributed by atoms with van der Waals surface area (Å²) in [7, 11) is 1.37. The van der Waals surface area contributed by atoms with Crippen molar-refractivity contribution in [2.75, 3.05) is 7.11 Å². The smallest absolute Gasteiger partial charge is 0.305 e. The highest BCUT2D eigenvalue weighted by atomic mass is 127. The third-order valence-corrected chi connectivity index (χ3v) is 3.21. The Hall–Kier alpha value is -0.850. The summed E-state index contributed by atoms with van der Waals surface area (Å²) in [5.41, 5.74) is 2.51. The van der Waals surface area contributed by atoms with E-state index in [9.17, 15) is 9.59 Å². The number of esters is 1. The van der Waals surface area contributed by atoms with Gasteiger partial charge in [0.1, 0.15) is 0 Å². The second kappa shape index (κ2) is 5.29. The standard InChI is InChI=1S/C10H12INO3/c1-6-7(3-4-9(14)15-2)10(11)12-8(6)5-13/h5,12H,3-4H2,1-2H3. The molecule has 0 aromatic carbocycles. The summed E-state index contributed by atoms with van der Waals surface area (Å²) < 4.78 is 5.48. The van der Waals surface area contributed by atoms with Gasteiger partial charge in [0.2, 0.25) is 0 Å². The van der Waals surface area contributed by atoms with Crippen LogP contribution < -0.4 is 0 Å². The normalized spacial score (nSPS) is 10.1. The fourth-order valence-corrected chi connectivity index (χ4v) is 2.32. The molecule has 0 saturated heterocycles. The topological polar surface area (TPSA) is 59.2 Å². The summed E-state index contributed by atoms with van der Waals surface area (Å²) in [6, 6.07) is 0. The fourth-order valence-electron chi connectivity index (χ4n) is 1.36. The van der Waals surface area contributed by atoms with Crippen LogP contribution in [0, 0.1) is 10.6 Å². The van der Waals surface area contributed by atoms with Gasteiger partial charge in [-0.25, -0.2) is 0 Å². The molecule has 1 heterocycles. The van der Waals surface area contributed by atoms with Gasteiger partial charge < -0.3 is 9.72 Å². The summed E-state index contributed by atoms with van der Waals surface area (Å²) in [5, 5.41) is 0.